The van der Waals surface area contributed by atoms with Crippen LogP contribution in [-0.2, 0) is 49.4 Å². The first-order valence-corrected chi connectivity index (χ1v) is 29.0. The Morgan fingerprint density at radius 1 is 0.662 bits per heavy atom. The summed E-state index contributed by atoms with van der Waals surface area (Å²) in [4.78, 5) is 54.2. The third-order valence-corrected chi connectivity index (χ3v) is 14.2. The van der Waals surface area contributed by atoms with Crippen molar-refractivity contribution in [2.24, 2.45) is 0 Å². The Hall–Kier alpha value is -4.30. The van der Waals surface area contributed by atoms with Crippen molar-refractivity contribution in [3.05, 3.63) is 77.9 Å². The Labute approximate surface area is 444 Å². The second-order valence-electron chi connectivity index (χ2n) is 20.5. The zero-order chi connectivity index (χ0) is 52.9. The van der Waals surface area contributed by atoms with Crippen molar-refractivity contribution >= 4 is 23.8 Å². The molecule has 2 saturated heterocycles. The number of rotatable bonds is 36. The monoisotopic (exact) mass is 1030 g/mol. The molecule has 0 spiro atoms. The molecule has 2 aliphatic heterocycles. The minimum atomic E-state index is -1.45. The topological polar surface area (TPSA) is 165 Å². The predicted molar refractivity (Wildman–Crippen MR) is 290 cm³/mol. The van der Waals surface area contributed by atoms with Gasteiger partial charge in [-0.3, -0.25) is 14.4 Å². The average Bonchev–Trinajstić information content (AvgIpc) is 3.41. The lowest BCUT2D eigenvalue weighted by atomic mass is 9.98. The van der Waals surface area contributed by atoms with Gasteiger partial charge >= 0.3 is 17.9 Å². The number of aliphatic hydroxyl groups excluding tert-OH is 1. The highest BCUT2D eigenvalue weighted by Crippen LogP contribution is 2.30. The quantitative estimate of drug-likeness (QED) is 0.0288. The highest BCUT2D eigenvalue weighted by atomic mass is 16.7. The Kier molecular flexibility index (Phi) is 32.9. The smallest absolute Gasteiger partial charge is 0.338 e. The highest BCUT2D eigenvalue weighted by molar-refractivity contribution is 5.89. The third kappa shape index (κ3) is 26.0. The molecule has 2 bridgehead atoms. The van der Waals surface area contributed by atoms with Crippen molar-refractivity contribution in [3.8, 4) is 5.75 Å². The van der Waals surface area contributed by atoms with Crippen molar-refractivity contribution in [3.63, 3.8) is 0 Å². The van der Waals surface area contributed by atoms with Gasteiger partial charge in [0.05, 0.1) is 44.8 Å². The number of carbonyl (C=O) groups excluding carboxylic acids is 4. The summed E-state index contributed by atoms with van der Waals surface area (Å²) in [6.07, 6.45) is 28.4. The Balaban J connectivity index is 1.48. The minimum Gasteiger partial charge on any atom is -0.497 e. The maximum atomic E-state index is 13.9. The first-order chi connectivity index (χ1) is 36.2. The molecule has 2 fully saturated rings. The van der Waals surface area contributed by atoms with Gasteiger partial charge in [0.25, 0.3) is 0 Å². The normalized spacial score (nSPS) is 21.6. The van der Waals surface area contributed by atoms with Gasteiger partial charge in [-0.05, 0) is 55.2 Å². The average molecular weight is 1030 g/mol. The molecule has 13 heteroatoms. The largest absolute Gasteiger partial charge is 0.497 e. The molecular formula is C61H95NO12. The van der Waals surface area contributed by atoms with E-state index in [9.17, 15) is 24.3 Å². The number of aliphatic hydroxyl groups is 1. The second-order valence-corrected chi connectivity index (χ2v) is 20.5. The van der Waals surface area contributed by atoms with Crippen molar-refractivity contribution in [1.82, 2.24) is 5.32 Å². The number of hydrogen-bond donors (Lipinski definition) is 2. The van der Waals surface area contributed by atoms with E-state index < -0.39 is 67.4 Å². The molecule has 74 heavy (non-hydrogen) atoms. The lowest BCUT2D eigenvalue weighted by Crippen LogP contribution is -2.62. The summed E-state index contributed by atoms with van der Waals surface area (Å²) in [5.41, 5.74) is 1.01. The number of hydrogen-bond acceptors (Lipinski definition) is 12. The van der Waals surface area contributed by atoms with Gasteiger partial charge in [0.15, 0.2) is 12.4 Å². The summed E-state index contributed by atoms with van der Waals surface area (Å²) in [5, 5.41) is 15.0. The molecule has 2 aromatic rings. The number of esters is 3. The Morgan fingerprint density at radius 2 is 1.20 bits per heavy atom. The van der Waals surface area contributed by atoms with Crippen LogP contribution < -0.4 is 10.1 Å². The van der Waals surface area contributed by atoms with Crippen molar-refractivity contribution in [2.45, 2.75) is 256 Å². The van der Waals surface area contributed by atoms with E-state index in [2.05, 4.69) is 19.2 Å². The molecule has 7 atom stereocenters. The first-order valence-electron chi connectivity index (χ1n) is 29.0. The molecule has 0 aliphatic carbocycles. The molecule has 0 aromatic heterocycles. The Bertz CT molecular complexity index is 1820. The predicted octanol–water partition coefficient (Wildman–Crippen LogP) is 13.2. The molecule has 2 N–H and O–H groups in total. The molecule has 13 nitrogen and oxygen atoms in total. The fraction of sp³-hybridized carbons (Fsp3) is 0.705. The highest BCUT2D eigenvalue weighted by Gasteiger charge is 2.50. The molecule has 0 saturated carbocycles. The standard InChI is InChI=1S/C61H95NO12/c1-4-6-8-10-12-14-16-18-19-21-23-25-27-29-34-38-54(63)62-51-46-71-61-59(74-60(67)49-35-31-30-32-36-49)58(70-45-48-39-41-50(68-3)42-40-48)57(66)53(73-61)47-69-55(64)43-44-56(65)72-52(51)37-33-28-26-24-22-20-17-15-13-11-9-7-5-2/h30-33,35-37,39-42,51-53,57-59,61,66H,4-29,34,38,43-47H2,1-3H3,(H,62,63)/b37-33+/t51?,52-,53-,57-,58+,59-,61-/m1/s1. The van der Waals surface area contributed by atoms with Crippen LogP contribution in [0.15, 0.2) is 66.7 Å². The first kappa shape index (κ1) is 62.2. The number of ether oxygens (including phenoxy) is 7. The molecular weight excluding hydrogens is 939 g/mol. The number of fused-ring (bicyclic) bond motifs is 2. The number of unbranched alkanes of at least 4 members (excludes halogenated alkanes) is 25. The van der Waals surface area contributed by atoms with Crippen LogP contribution in [0.5, 0.6) is 5.75 Å². The Morgan fingerprint density at radius 3 is 1.77 bits per heavy atom. The fourth-order valence-corrected chi connectivity index (χ4v) is 9.59. The van der Waals surface area contributed by atoms with Gasteiger partial charge in [-0.25, -0.2) is 4.79 Å². The number of cyclic esters (lactones) is 2. The number of amides is 1. The molecule has 1 unspecified atom stereocenters. The van der Waals surface area contributed by atoms with E-state index in [-0.39, 0.29) is 43.9 Å². The van der Waals surface area contributed by atoms with E-state index >= 15 is 0 Å². The van der Waals surface area contributed by atoms with Crippen LogP contribution in [0.3, 0.4) is 0 Å². The molecule has 0 radical (unpaired) electrons. The molecule has 2 aromatic carbocycles. The van der Waals surface area contributed by atoms with Crippen molar-refractivity contribution < 1.29 is 57.4 Å². The van der Waals surface area contributed by atoms with Crippen LogP contribution in [0.2, 0.25) is 0 Å². The number of allylic oxidation sites excluding steroid dienone is 1. The fourth-order valence-electron chi connectivity index (χ4n) is 9.59. The maximum absolute atomic E-state index is 13.9. The van der Waals surface area contributed by atoms with Gasteiger partial charge < -0.3 is 43.6 Å². The van der Waals surface area contributed by atoms with Crippen LogP contribution >= 0.6 is 0 Å². The summed E-state index contributed by atoms with van der Waals surface area (Å²) in [7, 11) is 1.57. The summed E-state index contributed by atoms with van der Waals surface area (Å²) in [6, 6.07) is 14.7. The minimum absolute atomic E-state index is 0.00424. The summed E-state index contributed by atoms with van der Waals surface area (Å²) in [6.45, 7) is 3.87. The lowest BCUT2D eigenvalue weighted by molar-refractivity contribution is -0.310. The van der Waals surface area contributed by atoms with Crippen LogP contribution in [0, 0.1) is 0 Å². The molecule has 2 heterocycles. The zero-order valence-electron chi connectivity index (χ0n) is 45.7. The van der Waals surface area contributed by atoms with Gasteiger partial charge in [-0.15, -0.1) is 0 Å². The number of carbonyl (C=O) groups is 4. The summed E-state index contributed by atoms with van der Waals surface area (Å²) < 4.78 is 42.3. The van der Waals surface area contributed by atoms with Crippen LogP contribution in [-0.4, -0.2) is 92.1 Å². The summed E-state index contributed by atoms with van der Waals surface area (Å²) in [5.74, 6) is -1.60. The van der Waals surface area contributed by atoms with E-state index in [1.54, 1.807) is 55.7 Å². The molecule has 416 valence electrons. The van der Waals surface area contributed by atoms with Crippen LogP contribution in [0.25, 0.3) is 0 Å². The van der Waals surface area contributed by atoms with E-state index in [0.29, 0.717) is 12.2 Å². The zero-order valence-corrected chi connectivity index (χ0v) is 45.7. The van der Waals surface area contributed by atoms with Gasteiger partial charge in [0.1, 0.15) is 36.8 Å². The van der Waals surface area contributed by atoms with E-state index in [1.807, 2.05) is 18.2 Å². The third-order valence-electron chi connectivity index (χ3n) is 14.2. The SMILES string of the molecule is CCCCCCCCCCCCC/C=C/[C@H]1OC(=O)CCC(=O)OC[C@H]2O[C@@H](OCC1NC(=O)CCCCCCCCCCCCCCCCC)[C@H](OC(=O)c1ccccc1)[C@@H](OCc1ccc(OC)cc1)[C@@H]2O. The summed E-state index contributed by atoms with van der Waals surface area (Å²) >= 11 is 0. The van der Waals surface area contributed by atoms with Crippen molar-refractivity contribution in [1.29, 1.82) is 0 Å². The number of benzene rings is 2. The molecule has 1 amide bonds. The van der Waals surface area contributed by atoms with Gasteiger partial charge in [-0.1, -0.05) is 204 Å². The van der Waals surface area contributed by atoms with Gasteiger partial charge in [0, 0.05) is 6.42 Å². The number of nitrogens with one attached hydrogen (secondary N) is 1. The van der Waals surface area contributed by atoms with Crippen LogP contribution in [0.1, 0.15) is 222 Å². The maximum Gasteiger partial charge on any atom is 0.338 e. The van der Waals surface area contributed by atoms with E-state index in [4.69, 9.17) is 33.2 Å². The lowest BCUT2D eigenvalue weighted by Gasteiger charge is -2.44. The molecule has 2 aliphatic rings. The van der Waals surface area contributed by atoms with Gasteiger partial charge in [0.2, 0.25) is 5.91 Å². The second kappa shape index (κ2) is 39.1. The number of methoxy groups -OCH3 is 1. The van der Waals surface area contributed by atoms with E-state index in [0.717, 1.165) is 50.5 Å². The molecule has 4 rings (SSSR count). The van der Waals surface area contributed by atoms with Gasteiger partial charge in [-0.2, -0.15) is 0 Å². The van der Waals surface area contributed by atoms with E-state index in [1.165, 1.54) is 122 Å². The van der Waals surface area contributed by atoms with Crippen molar-refractivity contribution in [2.75, 3.05) is 20.3 Å². The van der Waals surface area contributed by atoms with Crippen LogP contribution in [0.4, 0.5) is 0 Å².